The van der Waals surface area contributed by atoms with Gasteiger partial charge in [-0.3, -0.25) is 9.59 Å². The molecule has 1 aromatic heterocycles. The number of hydrogen-bond acceptors (Lipinski definition) is 4. The van der Waals surface area contributed by atoms with Gasteiger partial charge >= 0.3 is 0 Å². The van der Waals surface area contributed by atoms with Crippen molar-refractivity contribution in [3.05, 3.63) is 51.4 Å². The largest absolute Gasteiger partial charge is 0.495 e. The summed E-state index contributed by atoms with van der Waals surface area (Å²) in [5, 5.41) is 7.25. The molecule has 0 bridgehead atoms. The van der Waals surface area contributed by atoms with Crippen molar-refractivity contribution in [3.8, 4) is 5.75 Å². The van der Waals surface area contributed by atoms with E-state index in [1.165, 1.54) is 13.2 Å². The summed E-state index contributed by atoms with van der Waals surface area (Å²) in [6, 6.07) is 7.11. The first-order valence-corrected chi connectivity index (χ1v) is 7.01. The van der Waals surface area contributed by atoms with E-state index in [1.54, 1.807) is 38.1 Å². The highest BCUT2D eigenvalue weighted by Gasteiger charge is 2.19. The summed E-state index contributed by atoms with van der Waals surface area (Å²) in [5.41, 5.74) is 0.749. The monoisotopic (exact) mass is 321 g/mol. The lowest BCUT2D eigenvalue weighted by Gasteiger charge is -2.16. The van der Waals surface area contributed by atoms with E-state index >= 15 is 0 Å². The molecule has 2 aromatic rings. The van der Waals surface area contributed by atoms with Crippen molar-refractivity contribution in [1.29, 1.82) is 0 Å². The molecule has 0 aliphatic heterocycles. The van der Waals surface area contributed by atoms with E-state index in [-0.39, 0.29) is 11.5 Å². The van der Waals surface area contributed by atoms with Crippen molar-refractivity contribution in [2.24, 2.45) is 0 Å². The highest BCUT2D eigenvalue weighted by molar-refractivity contribution is 6.31. The SMILES string of the molecule is COc1ccc(Cl)cc1NC(=O)[C@@H](C)n1nc(C)ccc1=O. The number of carbonyl (C=O) groups excluding carboxylic acids is 1. The number of benzene rings is 1. The number of hydrogen-bond donors (Lipinski definition) is 1. The number of methoxy groups -OCH3 is 1. The number of anilines is 1. The Balaban J connectivity index is 2.27. The third-order valence-corrected chi connectivity index (χ3v) is 3.36. The summed E-state index contributed by atoms with van der Waals surface area (Å²) in [5.74, 6) is 0.0928. The van der Waals surface area contributed by atoms with Gasteiger partial charge in [-0.15, -0.1) is 0 Å². The summed E-state index contributed by atoms with van der Waals surface area (Å²) in [6.07, 6.45) is 0. The maximum atomic E-state index is 12.3. The summed E-state index contributed by atoms with van der Waals surface area (Å²) in [4.78, 5) is 24.2. The summed E-state index contributed by atoms with van der Waals surface area (Å²) >= 11 is 5.93. The predicted molar refractivity (Wildman–Crippen MR) is 84.6 cm³/mol. The Hall–Kier alpha value is -2.34. The van der Waals surface area contributed by atoms with E-state index in [9.17, 15) is 9.59 Å². The zero-order valence-electron chi connectivity index (χ0n) is 12.5. The molecule has 1 aromatic carbocycles. The van der Waals surface area contributed by atoms with Crippen LogP contribution in [-0.4, -0.2) is 22.8 Å². The van der Waals surface area contributed by atoms with Gasteiger partial charge in [0.25, 0.3) is 5.56 Å². The molecule has 0 fully saturated rings. The van der Waals surface area contributed by atoms with Crippen molar-refractivity contribution in [1.82, 2.24) is 9.78 Å². The molecule has 1 amide bonds. The van der Waals surface area contributed by atoms with Gasteiger partial charge in [-0.05, 0) is 38.1 Å². The zero-order chi connectivity index (χ0) is 16.3. The molecule has 116 valence electrons. The van der Waals surface area contributed by atoms with E-state index in [4.69, 9.17) is 16.3 Å². The molecule has 0 aliphatic carbocycles. The van der Waals surface area contributed by atoms with Crippen LogP contribution < -0.4 is 15.6 Å². The smallest absolute Gasteiger partial charge is 0.267 e. The molecule has 1 atom stereocenters. The lowest BCUT2D eigenvalue weighted by Crippen LogP contribution is -2.33. The molecule has 2 rings (SSSR count). The second kappa shape index (κ2) is 6.62. The normalized spacial score (nSPS) is 11.8. The van der Waals surface area contributed by atoms with E-state index < -0.39 is 6.04 Å². The molecule has 0 saturated heterocycles. The minimum absolute atomic E-state index is 0.341. The second-order valence-electron chi connectivity index (χ2n) is 4.77. The van der Waals surface area contributed by atoms with Crippen molar-refractivity contribution < 1.29 is 9.53 Å². The molecule has 0 unspecified atom stereocenters. The molecule has 1 heterocycles. The van der Waals surface area contributed by atoms with Gasteiger partial charge < -0.3 is 10.1 Å². The number of carbonyl (C=O) groups is 1. The highest BCUT2D eigenvalue weighted by Crippen LogP contribution is 2.28. The highest BCUT2D eigenvalue weighted by atomic mass is 35.5. The number of ether oxygens (including phenoxy) is 1. The Kier molecular flexibility index (Phi) is 4.82. The van der Waals surface area contributed by atoms with Gasteiger partial charge in [0.1, 0.15) is 11.8 Å². The van der Waals surface area contributed by atoms with Crippen LogP contribution in [0.5, 0.6) is 5.75 Å². The number of aryl methyl sites for hydroxylation is 1. The van der Waals surface area contributed by atoms with Crippen molar-refractivity contribution in [2.75, 3.05) is 12.4 Å². The third-order valence-electron chi connectivity index (χ3n) is 3.12. The second-order valence-corrected chi connectivity index (χ2v) is 5.20. The van der Waals surface area contributed by atoms with Gasteiger partial charge in [0.15, 0.2) is 0 Å². The molecule has 0 saturated carbocycles. The first kappa shape index (κ1) is 16.0. The molecule has 0 spiro atoms. The van der Waals surface area contributed by atoms with Crippen molar-refractivity contribution >= 4 is 23.2 Å². The molecule has 7 heteroatoms. The minimum Gasteiger partial charge on any atom is -0.495 e. The Labute approximate surface area is 132 Å². The standard InChI is InChI=1S/C15H16ClN3O3/c1-9-4-7-14(20)19(18-9)10(2)15(21)17-12-8-11(16)5-6-13(12)22-3/h4-8,10H,1-3H3,(H,17,21)/t10-/m1/s1. The average Bonchev–Trinajstić information content (AvgIpc) is 2.49. The van der Waals surface area contributed by atoms with Gasteiger partial charge in [0, 0.05) is 11.1 Å². The van der Waals surface area contributed by atoms with Gasteiger partial charge in [0.2, 0.25) is 5.91 Å². The zero-order valence-corrected chi connectivity index (χ0v) is 13.2. The minimum atomic E-state index is -0.768. The van der Waals surface area contributed by atoms with Crippen LogP contribution in [0.15, 0.2) is 35.1 Å². The number of rotatable bonds is 4. The van der Waals surface area contributed by atoms with Crippen LogP contribution in [0.2, 0.25) is 5.02 Å². The average molecular weight is 322 g/mol. The Bertz CT molecular complexity index is 758. The van der Waals surface area contributed by atoms with E-state index in [2.05, 4.69) is 10.4 Å². The van der Waals surface area contributed by atoms with Gasteiger partial charge in [0.05, 0.1) is 18.5 Å². The molecule has 0 aliphatic rings. The molecule has 22 heavy (non-hydrogen) atoms. The fourth-order valence-electron chi connectivity index (χ4n) is 1.92. The third kappa shape index (κ3) is 3.46. The van der Waals surface area contributed by atoms with Crippen LogP contribution in [0, 0.1) is 6.92 Å². The summed E-state index contributed by atoms with van der Waals surface area (Å²) < 4.78 is 6.31. The molecule has 6 nitrogen and oxygen atoms in total. The Morgan fingerprint density at radius 1 is 1.36 bits per heavy atom. The van der Waals surface area contributed by atoms with E-state index in [0.717, 1.165) is 4.68 Å². The van der Waals surface area contributed by atoms with E-state index in [0.29, 0.717) is 22.2 Å². The maximum absolute atomic E-state index is 12.3. The number of nitrogens with one attached hydrogen (secondary N) is 1. The van der Waals surface area contributed by atoms with Crippen molar-refractivity contribution in [2.45, 2.75) is 19.9 Å². The van der Waals surface area contributed by atoms with Crippen LogP contribution in [0.25, 0.3) is 0 Å². The Morgan fingerprint density at radius 2 is 2.09 bits per heavy atom. The predicted octanol–water partition coefficient (Wildman–Crippen LogP) is 2.41. The number of aromatic nitrogens is 2. The Morgan fingerprint density at radius 3 is 2.77 bits per heavy atom. The summed E-state index contributed by atoms with van der Waals surface area (Å²) in [7, 11) is 1.49. The number of halogens is 1. The van der Waals surface area contributed by atoms with Gasteiger partial charge in [-0.2, -0.15) is 5.10 Å². The molecular formula is C15H16ClN3O3. The van der Waals surface area contributed by atoms with E-state index in [1.807, 2.05) is 0 Å². The topological polar surface area (TPSA) is 73.2 Å². The van der Waals surface area contributed by atoms with Crippen LogP contribution in [0.4, 0.5) is 5.69 Å². The fraction of sp³-hybridized carbons (Fsp3) is 0.267. The van der Waals surface area contributed by atoms with Crippen molar-refractivity contribution in [3.63, 3.8) is 0 Å². The first-order chi connectivity index (χ1) is 10.4. The van der Waals surface area contributed by atoms with Gasteiger partial charge in [-0.25, -0.2) is 4.68 Å². The quantitative estimate of drug-likeness (QED) is 0.938. The van der Waals surface area contributed by atoms with Crippen LogP contribution in [0.3, 0.4) is 0 Å². The number of nitrogens with zero attached hydrogens (tertiary/aromatic N) is 2. The maximum Gasteiger partial charge on any atom is 0.267 e. The number of amides is 1. The molecule has 1 N–H and O–H groups in total. The molecular weight excluding hydrogens is 306 g/mol. The fourth-order valence-corrected chi connectivity index (χ4v) is 2.10. The molecule has 0 radical (unpaired) electrons. The lowest BCUT2D eigenvalue weighted by molar-refractivity contribution is -0.119. The summed E-state index contributed by atoms with van der Waals surface area (Å²) in [6.45, 7) is 3.35. The van der Waals surface area contributed by atoms with Crippen LogP contribution in [0.1, 0.15) is 18.7 Å². The first-order valence-electron chi connectivity index (χ1n) is 6.63. The lowest BCUT2D eigenvalue weighted by atomic mass is 10.2. The van der Waals surface area contributed by atoms with Crippen LogP contribution >= 0.6 is 11.6 Å². The van der Waals surface area contributed by atoms with Gasteiger partial charge in [-0.1, -0.05) is 11.6 Å². The van der Waals surface area contributed by atoms with Crippen LogP contribution in [-0.2, 0) is 4.79 Å².